The summed E-state index contributed by atoms with van der Waals surface area (Å²) in [6.07, 6.45) is 4.70. The number of amides is 1. The Kier molecular flexibility index (Phi) is 6.28. The van der Waals surface area contributed by atoms with Crippen molar-refractivity contribution in [1.82, 2.24) is 5.32 Å². The van der Waals surface area contributed by atoms with Crippen LogP contribution in [-0.2, 0) is 4.74 Å². The fraction of sp³-hybridized carbons (Fsp3) is 0.867. The van der Waals surface area contributed by atoms with E-state index in [2.05, 4.69) is 5.32 Å². The molecule has 0 aromatic carbocycles. The molecule has 0 radical (unpaired) electrons. The zero-order valence-corrected chi connectivity index (χ0v) is 12.7. The van der Waals surface area contributed by atoms with E-state index in [0.717, 1.165) is 12.8 Å². The van der Waals surface area contributed by atoms with Crippen molar-refractivity contribution < 1.29 is 14.6 Å². The van der Waals surface area contributed by atoms with Crippen molar-refractivity contribution in [2.24, 2.45) is 5.92 Å². The number of aliphatic hydroxyl groups is 1. The van der Waals surface area contributed by atoms with Gasteiger partial charge >= 0.3 is 6.09 Å². The summed E-state index contributed by atoms with van der Waals surface area (Å²) < 4.78 is 5.18. The van der Waals surface area contributed by atoms with Gasteiger partial charge in [-0.05, 0) is 33.1 Å². The lowest BCUT2D eigenvalue weighted by atomic mass is 9.84. The summed E-state index contributed by atoms with van der Waals surface area (Å²) in [6.45, 7) is 5.34. The van der Waals surface area contributed by atoms with Gasteiger partial charge in [-0.2, -0.15) is 5.26 Å². The summed E-state index contributed by atoms with van der Waals surface area (Å²) in [6, 6.07) is 1.25. The number of rotatable bonds is 4. The molecule has 5 nitrogen and oxygen atoms in total. The first-order chi connectivity index (χ1) is 9.31. The lowest BCUT2D eigenvalue weighted by molar-refractivity contribution is 0.0438. The SMILES string of the molecule is CC(C)(C)OC(=O)N[C@H](CC1CCCCC1)C(O)C#N. The second-order valence-electron chi connectivity index (χ2n) is 6.57. The third-order valence-corrected chi connectivity index (χ3v) is 3.53. The Morgan fingerprint density at radius 1 is 1.40 bits per heavy atom. The van der Waals surface area contributed by atoms with E-state index in [1.165, 1.54) is 19.3 Å². The molecular formula is C15H26N2O3. The van der Waals surface area contributed by atoms with Gasteiger partial charge in [-0.25, -0.2) is 4.79 Å². The van der Waals surface area contributed by atoms with Crippen LogP contribution in [-0.4, -0.2) is 28.9 Å². The van der Waals surface area contributed by atoms with Gasteiger partial charge in [0, 0.05) is 0 Å². The van der Waals surface area contributed by atoms with Crippen LogP contribution in [0, 0.1) is 17.2 Å². The Morgan fingerprint density at radius 2 is 2.00 bits per heavy atom. The fourth-order valence-electron chi connectivity index (χ4n) is 2.60. The second kappa shape index (κ2) is 7.49. The predicted molar refractivity (Wildman–Crippen MR) is 76.0 cm³/mol. The number of hydrogen-bond acceptors (Lipinski definition) is 4. The van der Waals surface area contributed by atoms with E-state index in [1.807, 2.05) is 6.07 Å². The first-order valence-corrected chi connectivity index (χ1v) is 7.39. The molecule has 0 aromatic heterocycles. The molecule has 1 aliphatic carbocycles. The summed E-state index contributed by atoms with van der Waals surface area (Å²) >= 11 is 0. The normalized spacial score (nSPS) is 19.8. The molecule has 0 aliphatic heterocycles. The number of nitrogens with zero attached hydrogens (tertiary/aromatic N) is 1. The standard InChI is InChI=1S/C15H26N2O3/c1-15(2,3)20-14(19)17-12(13(18)10-16)9-11-7-5-4-6-8-11/h11-13,18H,4-9H2,1-3H3,(H,17,19)/t12-,13?/m1/s1. The number of nitriles is 1. The van der Waals surface area contributed by atoms with Crippen molar-refractivity contribution in [2.75, 3.05) is 0 Å². The van der Waals surface area contributed by atoms with Crippen LogP contribution < -0.4 is 5.32 Å². The van der Waals surface area contributed by atoms with Crippen LogP contribution in [0.3, 0.4) is 0 Å². The van der Waals surface area contributed by atoms with Gasteiger partial charge < -0.3 is 15.2 Å². The van der Waals surface area contributed by atoms with Gasteiger partial charge in [-0.3, -0.25) is 0 Å². The van der Waals surface area contributed by atoms with E-state index < -0.39 is 23.8 Å². The van der Waals surface area contributed by atoms with Crippen LogP contribution in [0.4, 0.5) is 4.79 Å². The van der Waals surface area contributed by atoms with Gasteiger partial charge in [0.05, 0.1) is 12.1 Å². The maximum Gasteiger partial charge on any atom is 0.407 e. The molecule has 1 fully saturated rings. The molecule has 114 valence electrons. The lowest BCUT2D eigenvalue weighted by Gasteiger charge is -2.29. The van der Waals surface area contributed by atoms with Crippen LogP contribution in [0.5, 0.6) is 0 Å². The van der Waals surface area contributed by atoms with Crippen molar-refractivity contribution in [3.63, 3.8) is 0 Å². The Balaban J connectivity index is 2.55. The van der Waals surface area contributed by atoms with E-state index in [1.54, 1.807) is 20.8 Å². The largest absolute Gasteiger partial charge is 0.444 e. The van der Waals surface area contributed by atoms with Crippen molar-refractivity contribution in [2.45, 2.75) is 77.0 Å². The van der Waals surface area contributed by atoms with Gasteiger partial charge in [0.15, 0.2) is 6.10 Å². The number of aliphatic hydroxyl groups excluding tert-OH is 1. The minimum atomic E-state index is -1.19. The highest BCUT2D eigenvalue weighted by Crippen LogP contribution is 2.28. The van der Waals surface area contributed by atoms with Gasteiger partial charge in [0.1, 0.15) is 5.60 Å². The third kappa shape index (κ3) is 6.25. The zero-order valence-electron chi connectivity index (χ0n) is 12.7. The molecule has 1 aliphatic rings. The van der Waals surface area contributed by atoms with Crippen molar-refractivity contribution in [3.8, 4) is 6.07 Å². The highest BCUT2D eigenvalue weighted by atomic mass is 16.6. The van der Waals surface area contributed by atoms with Gasteiger partial charge in [-0.1, -0.05) is 32.1 Å². The van der Waals surface area contributed by atoms with E-state index in [9.17, 15) is 9.90 Å². The molecule has 1 unspecified atom stereocenters. The molecule has 2 atom stereocenters. The Labute approximate surface area is 121 Å². The Hall–Kier alpha value is -1.28. The Morgan fingerprint density at radius 3 is 2.50 bits per heavy atom. The maximum absolute atomic E-state index is 11.8. The predicted octanol–water partition coefficient (Wildman–Crippen LogP) is 2.73. The van der Waals surface area contributed by atoms with E-state index in [0.29, 0.717) is 12.3 Å². The summed E-state index contributed by atoms with van der Waals surface area (Å²) in [7, 11) is 0. The van der Waals surface area contributed by atoms with Crippen LogP contribution in [0.2, 0.25) is 0 Å². The molecule has 0 aromatic rings. The summed E-state index contributed by atoms with van der Waals surface area (Å²) in [4.78, 5) is 11.8. The molecule has 2 N–H and O–H groups in total. The van der Waals surface area contributed by atoms with Crippen LogP contribution in [0.25, 0.3) is 0 Å². The lowest BCUT2D eigenvalue weighted by Crippen LogP contribution is -2.46. The van der Waals surface area contributed by atoms with Gasteiger partial charge in [-0.15, -0.1) is 0 Å². The molecule has 20 heavy (non-hydrogen) atoms. The molecule has 0 heterocycles. The van der Waals surface area contributed by atoms with Crippen LogP contribution in [0.1, 0.15) is 59.3 Å². The Bertz CT molecular complexity index is 351. The minimum Gasteiger partial charge on any atom is -0.444 e. The number of nitrogens with one attached hydrogen (secondary N) is 1. The number of hydrogen-bond donors (Lipinski definition) is 2. The third-order valence-electron chi connectivity index (χ3n) is 3.53. The van der Waals surface area contributed by atoms with Crippen molar-refractivity contribution in [1.29, 1.82) is 5.26 Å². The van der Waals surface area contributed by atoms with E-state index in [4.69, 9.17) is 10.00 Å². The van der Waals surface area contributed by atoms with Crippen molar-refractivity contribution in [3.05, 3.63) is 0 Å². The summed E-state index contributed by atoms with van der Waals surface area (Å²) in [5.74, 6) is 0.465. The van der Waals surface area contributed by atoms with Gasteiger partial charge in [0.2, 0.25) is 0 Å². The van der Waals surface area contributed by atoms with Crippen LogP contribution >= 0.6 is 0 Å². The highest BCUT2D eigenvalue weighted by molar-refractivity contribution is 5.68. The second-order valence-corrected chi connectivity index (χ2v) is 6.57. The quantitative estimate of drug-likeness (QED) is 0.777. The number of carbonyl (C=O) groups excluding carboxylic acids is 1. The monoisotopic (exact) mass is 282 g/mol. The topological polar surface area (TPSA) is 82.3 Å². The average Bonchev–Trinajstić information content (AvgIpc) is 2.36. The molecule has 5 heteroatoms. The minimum absolute atomic E-state index is 0.465. The molecule has 1 saturated carbocycles. The molecule has 1 amide bonds. The smallest absolute Gasteiger partial charge is 0.407 e. The first kappa shape index (κ1) is 16.8. The molecule has 0 saturated heterocycles. The van der Waals surface area contributed by atoms with E-state index in [-0.39, 0.29) is 0 Å². The fourth-order valence-corrected chi connectivity index (χ4v) is 2.60. The zero-order chi connectivity index (χ0) is 15.2. The van der Waals surface area contributed by atoms with Crippen molar-refractivity contribution >= 4 is 6.09 Å². The first-order valence-electron chi connectivity index (χ1n) is 7.39. The molecule has 0 bridgehead atoms. The average molecular weight is 282 g/mol. The van der Waals surface area contributed by atoms with E-state index >= 15 is 0 Å². The summed E-state index contributed by atoms with van der Waals surface area (Å²) in [5, 5.41) is 21.3. The highest BCUT2D eigenvalue weighted by Gasteiger charge is 2.27. The van der Waals surface area contributed by atoms with Crippen LogP contribution in [0.15, 0.2) is 0 Å². The number of carbonyl (C=O) groups is 1. The number of alkyl carbamates (subject to hydrolysis) is 1. The van der Waals surface area contributed by atoms with Gasteiger partial charge in [0.25, 0.3) is 0 Å². The maximum atomic E-state index is 11.8. The number of ether oxygens (including phenoxy) is 1. The molecule has 1 rings (SSSR count). The summed E-state index contributed by atoms with van der Waals surface area (Å²) in [5.41, 5.74) is -0.586. The molecular weight excluding hydrogens is 256 g/mol. The molecule has 0 spiro atoms.